The van der Waals surface area contributed by atoms with Crippen molar-refractivity contribution in [1.29, 1.82) is 0 Å². The van der Waals surface area contributed by atoms with E-state index in [0.29, 0.717) is 11.3 Å². The molecule has 2 N–H and O–H groups in total. The number of sulfonamides is 1. The van der Waals surface area contributed by atoms with Gasteiger partial charge in [0.2, 0.25) is 0 Å². The fraction of sp³-hybridized carbons (Fsp3) is 0.143. The molecule has 2 rings (SSSR count). The molecule has 0 fully saturated rings. The number of hydrogen-bond donors (Lipinski definition) is 2. The van der Waals surface area contributed by atoms with E-state index in [-0.39, 0.29) is 4.90 Å². The largest absolute Gasteiger partial charge is 0.389 e. The van der Waals surface area contributed by atoms with Gasteiger partial charge in [0, 0.05) is 5.56 Å². The molecular weight excluding hydrogens is 281 g/mol. The minimum atomic E-state index is -3.81. The fourth-order valence-electron chi connectivity index (χ4n) is 1.77. The molecule has 0 spiro atoms. The van der Waals surface area contributed by atoms with Crippen molar-refractivity contribution in [3.05, 3.63) is 59.9 Å². The lowest BCUT2D eigenvalue weighted by molar-refractivity contribution is 0.200. The second-order valence-electron chi connectivity index (χ2n) is 4.32. The Hall–Kier alpha value is -1.92. The summed E-state index contributed by atoms with van der Waals surface area (Å²) in [6, 6.07) is 11.1. The normalized spacial score (nSPS) is 12.9. The molecule has 0 bridgehead atoms. The van der Waals surface area contributed by atoms with Gasteiger partial charge in [-0.25, -0.2) is 12.8 Å². The van der Waals surface area contributed by atoms with Crippen LogP contribution in [-0.2, 0) is 10.0 Å². The first-order valence-corrected chi connectivity index (χ1v) is 7.44. The Balaban J connectivity index is 2.36. The third-order valence-electron chi connectivity index (χ3n) is 2.78. The molecule has 1 atom stereocenters. The van der Waals surface area contributed by atoms with E-state index in [4.69, 9.17) is 0 Å². The number of para-hydroxylation sites is 1. The molecule has 0 radical (unpaired) electrons. The van der Waals surface area contributed by atoms with Crippen LogP contribution in [0.3, 0.4) is 0 Å². The molecule has 0 aliphatic carbocycles. The minimum absolute atomic E-state index is 0.0423. The highest BCUT2D eigenvalue weighted by Gasteiger charge is 2.17. The lowest BCUT2D eigenvalue weighted by Gasteiger charge is -2.14. The molecule has 0 aliphatic heterocycles. The molecule has 0 saturated carbocycles. The van der Waals surface area contributed by atoms with Crippen LogP contribution in [0.25, 0.3) is 0 Å². The average Bonchev–Trinajstić information content (AvgIpc) is 2.39. The van der Waals surface area contributed by atoms with Crippen LogP contribution < -0.4 is 4.72 Å². The Morgan fingerprint density at radius 3 is 2.30 bits per heavy atom. The van der Waals surface area contributed by atoms with Crippen molar-refractivity contribution >= 4 is 15.7 Å². The highest BCUT2D eigenvalue weighted by Crippen LogP contribution is 2.25. The van der Waals surface area contributed by atoms with Crippen molar-refractivity contribution in [3.63, 3.8) is 0 Å². The van der Waals surface area contributed by atoms with Crippen LogP contribution in [0.15, 0.2) is 53.4 Å². The fourth-order valence-corrected chi connectivity index (χ4v) is 2.86. The van der Waals surface area contributed by atoms with Gasteiger partial charge in [-0.05, 0) is 37.3 Å². The average molecular weight is 295 g/mol. The number of benzene rings is 2. The minimum Gasteiger partial charge on any atom is -0.389 e. The molecule has 1 unspecified atom stereocenters. The summed E-state index contributed by atoms with van der Waals surface area (Å²) < 4.78 is 39.6. The van der Waals surface area contributed by atoms with Gasteiger partial charge in [-0.3, -0.25) is 4.72 Å². The van der Waals surface area contributed by atoms with E-state index in [1.807, 2.05) is 0 Å². The highest BCUT2D eigenvalue weighted by molar-refractivity contribution is 7.92. The van der Waals surface area contributed by atoms with Gasteiger partial charge in [-0.1, -0.05) is 18.2 Å². The van der Waals surface area contributed by atoms with Crippen LogP contribution >= 0.6 is 0 Å². The number of aliphatic hydroxyl groups excluding tert-OH is 1. The molecular formula is C14H14FNO3S. The second kappa shape index (κ2) is 5.60. The second-order valence-corrected chi connectivity index (χ2v) is 6.01. The Labute approximate surface area is 116 Å². The summed E-state index contributed by atoms with van der Waals surface area (Å²) in [6.07, 6.45) is -0.804. The van der Waals surface area contributed by atoms with Gasteiger partial charge in [-0.15, -0.1) is 0 Å². The van der Waals surface area contributed by atoms with Gasteiger partial charge in [-0.2, -0.15) is 0 Å². The highest BCUT2D eigenvalue weighted by atomic mass is 32.2. The smallest absolute Gasteiger partial charge is 0.261 e. The summed E-state index contributed by atoms with van der Waals surface area (Å²) in [5.41, 5.74) is 0.769. The van der Waals surface area contributed by atoms with Gasteiger partial charge in [0.25, 0.3) is 10.0 Å². The van der Waals surface area contributed by atoms with Crippen molar-refractivity contribution in [1.82, 2.24) is 0 Å². The molecule has 2 aromatic carbocycles. The summed E-state index contributed by atoms with van der Waals surface area (Å²) >= 11 is 0. The van der Waals surface area contributed by atoms with E-state index >= 15 is 0 Å². The number of hydrogen-bond acceptors (Lipinski definition) is 3. The van der Waals surface area contributed by atoms with Crippen LogP contribution in [-0.4, -0.2) is 13.5 Å². The topological polar surface area (TPSA) is 66.4 Å². The number of aliphatic hydroxyl groups is 1. The lowest BCUT2D eigenvalue weighted by Crippen LogP contribution is -2.14. The molecule has 4 nitrogen and oxygen atoms in total. The van der Waals surface area contributed by atoms with Crippen LogP contribution in [0, 0.1) is 5.82 Å². The zero-order chi connectivity index (χ0) is 14.8. The molecule has 6 heteroatoms. The molecule has 0 amide bonds. The summed E-state index contributed by atoms with van der Waals surface area (Å²) in [7, 11) is -3.81. The van der Waals surface area contributed by atoms with Crippen molar-refractivity contribution in [3.8, 4) is 0 Å². The van der Waals surface area contributed by atoms with E-state index in [1.165, 1.54) is 12.1 Å². The van der Waals surface area contributed by atoms with E-state index in [1.54, 1.807) is 31.2 Å². The van der Waals surface area contributed by atoms with Gasteiger partial charge < -0.3 is 5.11 Å². The molecule has 20 heavy (non-hydrogen) atoms. The third-order valence-corrected chi connectivity index (χ3v) is 4.16. The van der Waals surface area contributed by atoms with Gasteiger partial charge in [0.15, 0.2) is 0 Å². The van der Waals surface area contributed by atoms with Crippen molar-refractivity contribution in [2.24, 2.45) is 0 Å². The summed E-state index contributed by atoms with van der Waals surface area (Å²) in [4.78, 5) is -0.0423. The van der Waals surface area contributed by atoms with Crippen LogP contribution in [0.4, 0.5) is 10.1 Å². The maximum absolute atomic E-state index is 12.8. The SMILES string of the molecule is CC(O)c1ccccc1NS(=O)(=O)c1ccc(F)cc1. The molecule has 0 aromatic heterocycles. The Morgan fingerprint density at radius 1 is 1.10 bits per heavy atom. The standard InChI is InChI=1S/C14H14FNO3S/c1-10(17)13-4-2-3-5-14(13)16-20(18,19)12-8-6-11(15)7-9-12/h2-10,16-17H,1H3. The van der Waals surface area contributed by atoms with Gasteiger partial charge >= 0.3 is 0 Å². The predicted molar refractivity (Wildman–Crippen MR) is 74.3 cm³/mol. The monoisotopic (exact) mass is 295 g/mol. The maximum Gasteiger partial charge on any atom is 0.261 e. The molecule has 0 heterocycles. The van der Waals surface area contributed by atoms with Crippen LogP contribution in [0.2, 0.25) is 0 Å². The number of rotatable bonds is 4. The Bertz CT molecular complexity index is 697. The summed E-state index contributed by atoms with van der Waals surface area (Å²) in [6.45, 7) is 1.55. The predicted octanol–water partition coefficient (Wildman–Crippen LogP) is 2.68. The molecule has 2 aromatic rings. The van der Waals surface area contributed by atoms with Crippen molar-refractivity contribution in [2.45, 2.75) is 17.9 Å². The van der Waals surface area contributed by atoms with E-state index in [2.05, 4.69) is 4.72 Å². The summed E-state index contributed by atoms with van der Waals surface area (Å²) in [5, 5.41) is 9.62. The van der Waals surface area contributed by atoms with Gasteiger partial charge in [0.1, 0.15) is 5.82 Å². The van der Waals surface area contributed by atoms with E-state index in [0.717, 1.165) is 12.1 Å². The first-order valence-electron chi connectivity index (χ1n) is 5.95. The Morgan fingerprint density at radius 2 is 1.70 bits per heavy atom. The zero-order valence-electron chi connectivity index (χ0n) is 10.7. The van der Waals surface area contributed by atoms with E-state index < -0.39 is 21.9 Å². The quantitative estimate of drug-likeness (QED) is 0.911. The number of halogens is 1. The van der Waals surface area contributed by atoms with Crippen molar-refractivity contribution in [2.75, 3.05) is 4.72 Å². The lowest BCUT2D eigenvalue weighted by atomic mass is 10.1. The van der Waals surface area contributed by atoms with Gasteiger partial charge in [0.05, 0.1) is 16.7 Å². The number of anilines is 1. The first kappa shape index (κ1) is 14.5. The zero-order valence-corrected chi connectivity index (χ0v) is 11.6. The molecule has 0 saturated heterocycles. The number of nitrogens with one attached hydrogen (secondary N) is 1. The molecule has 0 aliphatic rings. The van der Waals surface area contributed by atoms with E-state index in [9.17, 15) is 17.9 Å². The Kier molecular flexibility index (Phi) is 4.06. The molecule has 106 valence electrons. The van der Waals surface area contributed by atoms with Crippen molar-refractivity contribution < 1.29 is 17.9 Å². The maximum atomic E-state index is 12.8. The summed E-state index contributed by atoms with van der Waals surface area (Å²) in [5.74, 6) is -0.506. The van der Waals surface area contributed by atoms with Crippen LogP contribution in [0.5, 0.6) is 0 Å². The third kappa shape index (κ3) is 3.15. The first-order chi connectivity index (χ1) is 9.40. The van der Waals surface area contributed by atoms with Crippen LogP contribution in [0.1, 0.15) is 18.6 Å².